The SMILES string of the molecule is Cc1ccccc1N(CC(=O)NC1CCCCC1)S(C)(=O)=O. The molecule has 5 nitrogen and oxygen atoms in total. The zero-order chi connectivity index (χ0) is 16.2. The minimum atomic E-state index is -3.50. The van der Waals surface area contributed by atoms with Crippen LogP contribution in [0, 0.1) is 6.92 Å². The number of carbonyl (C=O) groups is 1. The van der Waals surface area contributed by atoms with Crippen LogP contribution in [0.1, 0.15) is 37.7 Å². The van der Waals surface area contributed by atoms with Gasteiger partial charge in [0.05, 0.1) is 11.9 Å². The lowest BCUT2D eigenvalue weighted by Gasteiger charge is -2.26. The molecule has 1 saturated carbocycles. The second-order valence-electron chi connectivity index (χ2n) is 5.96. The van der Waals surface area contributed by atoms with Crippen molar-refractivity contribution in [2.75, 3.05) is 17.1 Å². The Morgan fingerprint density at radius 1 is 1.23 bits per heavy atom. The van der Waals surface area contributed by atoms with E-state index < -0.39 is 10.0 Å². The van der Waals surface area contributed by atoms with Gasteiger partial charge in [0.1, 0.15) is 6.54 Å². The summed E-state index contributed by atoms with van der Waals surface area (Å²) in [5.41, 5.74) is 1.39. The van der Waals surface area contributed by atoms with Gasteiger partial charge in [-0.25, -0.2) is 8.42 Å². The second-order valence-corrected chi connectivity index (χ2v) is 7.87. The number of nitrogens with one attached hydrogen (secondary N) is 1. The predicted octanol–water partition coefficient (Wildman–Crippen LogP) is 2.21. The van der Waals surface area contributed by atoms with Crippen LogP contribution in [0.3, 0.4) is 0 Å². The maximum Gasteiger partial charge on any atom is 0.240 e. The molecule has 1 aromatic rings. The van der Waals surface area contributed by atoms with Gasteiger partial charge >= 0.3 is 0 Å². The summed E-state index contributed by atoms with van der Waals surface area (Å²) in [6, 6.07) is 7.37. The number of rotatable bonds is 5. The number of benzene rings is 1. The Hall–Kier alpha value is -1.56. The number of carbonyl (C=O) groups excluding carboxylic acids is 1. The van der Waals surface area contributed by atoms with Crippen LogP contribution >= 0.6 is 0 Å². The fourth-order valence-corrected chi connectivity index (χ4v) is 3.79. The van der Waals surface area contributed by atoms with Crippen LogP contribution in [0.2, 0.25) is 0 Å². The highest BCUT2D eigenvalue weighted by molar-refractivity contribution is 7.92. The first-order valence-corrected chi connectivity index (χ1v) is 9.55. The van der Waals surface area contributed by atoms with Gasteiger partial charge in [0, 0.05) is 6.04 Å². The smallest absolute Gasteiger partial charge is 0.240 e. The highest BCUT2D eigenvalue weighted by atomic mass is 32.2. The van der Waals surface area contributed by atoms with Crippen molar-refractivity contribution in [1.82, 2.24) is 5.32 Å². The Kier molecular flexibility index (Phi) is 5.45. The molecule has 1 aromatic carbocycles. The van der Waals surface area contributed by atoms with Crippen molar-refractivity contribution < 1.29 is 13.2 Å². The van der Waals surface area contributed by atoms with Crippen LogP contribution in [0.15, 0.2) is 24.3 Å². The summed E-state index contributed by atoms with van der Waals surface area (Å²) in [7, 11) is -3.50. The number of para-hydroxylation sites is 1. The largest absolute Gasteiger partial charge is 0.352 e. The van der Waals surface area contributed by atoms with Crippen molar-refractivity contribution in [2.24, 2.45) is 0 Å². The van der Waals surface area contributed by atoms with Gasteiger partial charge in [0.2, 0.25) is 15.9 Å². The minimum Gasteiger partial charge on any atom is -0.352 e. The molecule has 1 fully saturated rings. The molecule has 0 atom stereocenters. The fourth-order valence-electron chi connectivity index (χ4n) is 2.87. The van der Waals surface area contributed by atoms with E-state index >= 15 is 0 Å². The van der Waals surface area contributed by atoms with Gasteiger partial charge in [-0.1, -0.05) is 37.5 Å². The molecule has 6 heteroatoms. The minimum absolute atomic E-state index is 0.166. The maximum atomic E-state index is 12.2. The summed E-state index contributed by atoms with van der Waals surface area (Å²) in [4.78, 5) is 12.2. The van der Waals surface area contributed by atoms with Crippen molar-refractivity contribution >= 4 is 21.6 Å². The van der Waals surface area contributed by atoms with E-state index in [1.54, 1.807) is 12.1 Å². The molecule has 1 N–H and O–H groups in total. The predicted molar refractivity (Wildman–Crippen MR) is 88.4 cm³/mol. The Morgan fingerprint density at radius 2 is 1.86 bits per heavy atom. The lowest BCUT2D eigenvalue weighted by Crippen LogP contribution is -2.44. The molecule has 22 heavy (non-hydrogen) atoms. The van der Waals surface area contributed by atoms with Gasteiger partial charge in [-0.3, -0.25) is 9.10 Å². The van der Waals surface area contributed by atoms with Crippen LogP contribution in [0.5, 0.6) is 0 Å². The summed E-state index contributed by atoms with van der Waals surface area (Å²) in [5.74, 6) is -0.236. The average molecular weight is 324 g/mol. The van der Waals surface area contributed by atoms with E-state index in [1.807, 2.05) is 19.1 Å². The first-order valence-electron chi connectivity index (χ1n) is 7.70. The van der Waals surface area contributed by atoms with Gasteiger partial charge in [-0.05, 0) is 31.4 Å². The standard InChI is InChI=1S/C16H24N2O3S/c1-13-8-6-7-11-15(13)18(22(2,20)21)12-16(19)17-14-9-4-3-5-10-14/h6-8,11,14H,3-5,9-10,12H2,1-2H3,(H,17,19). The summed E-state index contributed by atoms with van der Waals surface area (Å²) < 4.78 is 25.3. The molecule has 1 aliphatic rings. The molecular formula is C16H24N2O3S. The first-order chi connectivity index (χ1) is 10.4. The van der Waals surface area contributed by atoms with E-state index in [1.165, 1.54) is 10.7 Å². The van der Waals surface area contributed by atoms with E-state index in [0.717, 1.165) is 37.5 Å². The third kappa shape index (κ3) is 4.47. The van der Waals surface area contributed by atoms with Crippen LogP contribution in [0.25, 0.3) is 0 Å². The van der Waals surface area contributed by atoms with Gasteiger partial charge < -0.3 is 5.32 Å². The molecule has 0 saturated heterocycles. The van der Waals surface area contributed by atoms with Crippen molar-refractivity contribution in [2.45, 2.75) is 45.1 Å². The van der Waals surface area contributed by atoms with E-state index in [-0.39, 0.29) is 18.5 Å². The van der Waals surface area contributed by atoms with E-state index in [2.05, 4.69) is 5.32 Å². The zero-order valence-corrected chi connectivity index (χ0v) is 14.0. The van der Waals surface area contributed by atoms with Gasteiger partial charge in [0.25, 0.3) is 0 Å². The third-order valence-corrected chi connectivity index (χ3v) is 5.17. The first kappa shape index (κ1) is 16.8. The topological polar surface area (TPSA) is 66.5 Å². The summed E-state index contributed by atoms with van der Waals surface area (Å²) in [6.45, 7) is 1.67. The van der Waals surface area contributed by atoms with E-state index in [4.69, 9.17) is 0 Å². The number of hydrogen-bond acceptors (Lipinski definition) is 3. The molecule has 1 amide bonds. The Bertz CT molecular complexity index is 622. The van der Waals surface area contributed by atoms with E-state index in [0.29, 0.717) is 5.69 Å². The highest BCUT2D eigenvalue weighted by Gasteiger charge is 2.23. The van der Waals surface area contributed by atoms with Crippen LogP contribution < -0.4 is 9.62 Å². The van der Waals surface area contributed by atoms with Crippen molar-refractivity contribution in [1.29, 1.82) is 0 Å². The molecule has 122 valence electrons. The zero-order valence-electron chi connectivity index (χ0n) is 13.2. The molecule has 0 spiro atoms. The van der Waals surface area contributed by atoms with Crippen LogP contribution in [-0.4, -0.2) is 33.2 Å². The van der Waals surface area contributed by atoms with Crippen molar-refractivity contribution in [3.8, 4) is 0 Å². The maximum absolute atomic E-state index is 12.2. The van der Waals surface area contributed by atoms with Crippen molar-refractivity contribution in [3.05, 3.63) is 29.8 Å². The number of sulfonamides is 1. The quantitative estimate of drug-likeness (QED) is 0.903. The molecule has 0 unspecified atom stereocenters. The number of hydrogen-bond donors (Lipinski definition) is 1. The normalized spacial score (nSPS) is 16.3. The average Bonchev–Trinajstić information content (AvgIpc) is 2.46. The number of nitrogens with zero attached hydrogens (tertiary/aromatic N) is 1. The summed E-state index contributed by atoms with van der Waals surface area (Å²) in [5, 5.41) is 2.97. The molecule has 0 bridgehead atoms. The third-order valence-electron chi connectivity index (χ3n) is 4.04. The van der Waals surface area contributed by atoms with Crippen molar-refractivity contribution in [3.63, 3.8) is 0 Å². The van der Waals surface area contributed by atoms with E-state index in [9.17, 15) is 13.2 Å². The monoisotopic (exact) mass is 324 g/mol. The molecule has 0 aliphatic heterocycles. The summed E-state index contributed by atoms with van der Waals surface area (Å²) in [6.07, 6.45) is 6.55. The molecule has 0 aromatic heterocycles. The van der Waals surface area contributed by atoms with Crippen LogP contribution in [0.4, 0.5) is 5.69 Å². The van der Waals surface area contributed by atoms with Gasteiger partial charge in [-0.2, -0.15) is 0 Å². The number of amides is 1. The molecular weight excluding hydrogens is 300 g/mol. The van der Waals surface area contributed by atoms with Gasteiger partial charge in [0.15, 0.2) is 0 Å². The Morgan fingerprint density at radius 3 is 2.45 bits per heavy atom. The fraction of sp³-hybridized carbons (Fsp3) is 0.562. The number of anilines is 1. The lowest BCUT2D eigenvalue weighted by molar-refractivity contribution is -0.120. The molecule has 2 rings (SSSR count). The highest BCUT2D eigenvalue weighted by Crippen LogP contribution is 2.22. The number of aryl methyl sites for hydroxylation is 1. The second kappa shape index (κ2) is 7.13. The summed E-state index contributed by atoms with van der Waals surface area (Å²) >= 11 is 0. The van der Waals surface area contributed by atoms with Crippen LogP contribution in [-0.2, 0) is 14.8 Å². The lowest BCUT2D eigenvalue weighted by atomic mass is 9.95. The van der Waals surface area contributed by atoms with Gasteiger partial charge in [-0.15, -0.1) is 0 Å². The molecule has 0 heterocycles. The molecule has 1 aliphatic carbocycles. The Balaban J connectivity index is 2.11. The molecule has 0 radical (unpaired) electrons. The Labute approximate surface area is 132 Å².